The van der Waals surface area contributed by atoms with Crippen molar-refractivity contribution in [1.82, 2.24) is 4.57 Å². The Hall–Kier alpha value is -4.13. The molecule has 0 radical (unpaired) electrons. The number of hydrogen-bond acceptors (Lipinski definition) is 4. The lowest BCUT2D eigenvalue weighted by Crippen LogP contribution is -2.28. The summed E-state index contributed by atoms with van der Waals surface area (Å²) in [5, 5.41) is 11.3. The minimum Gasteiger partial charge on any atom is -0.482 e. The smallest absolute Gasteiger partial charge is 0.422 e. The largest absolute Gasteiger partial charge is 0.482 e. The van der Waals surface area contributed by atoms with Gasteiger partial charge in [0.05, 0.1) is 17.3 Å². The average Bonchev–Trinajstić information content (AvgIpc) is 2.73. The van der Waals surface area contributed by atoms with E-state index in [1.807, 2.05) is 6.07 Å². The summed E-state index contributed by atoms with van der Waals surface area (Å²) in [5.41, 5.74) is -0.615. The van der Waals surface area contributed by atoms with Gasteiger partial charge in [0.25, 0.3) is 11.5 Å². The van der Waals surface area contributed by atoms with Crippen LogP contribution < -0.4 is 15.6 Å². The molecular weight excluding hydrogens is 418 g/mol. The van der Waals surface area contributed by atoms with Crippen molar-refractivity contribution in [2.24, 2.45) is 0 Å². The molecule has 158 valence electrons. The maximum absolute atomic E-state index is 13.6. The van der Waals surface area contributed by atoms with Crippen LogP contribution in [0.2, 0.25) is 0 Å². The number of nitrogens with one attached hydrogen (secondary N) is 1. The molecule has 10 heteroatoms. The van der Waals surface area contributed by atoms with Gasteiger partial charge >= 0.3 is 6.18 Å². The summed E-state index contributed by atoms with van der Waals surface area (Å²) < 4.78 is 56.7. The zero-order valence-electron chi connectivity index (χ0n) is 15.6. The minimum absolute atomic E-state index is 0.163. The molecule has 0 aliphatic rings. The van der Waals surface area contributed by atoms with Gasteiger partial charge in [-0.1, -0.05) is 0 Å². The molecule has 31 heavy (non-hydrogen) atoms. The predicted octanol–water partition coefficient (Wildman–Crippen LogP) is 4.04. The van der Waals surface area contributed by atoms with Crippen LogP contribution in [0.25, 0.3) is 5.69 Å². The van der Waals surface area contributed by atoms with Crippen molar-refractivity contribution < 1.29 is 27.1 Å². The second-order valence-electron chi connectivity index (χ2n) is 6.26. The van der Waals surface area contributed by atoms with E-state index < -0.39 is 35.8 Å². The maximum atomic E-state index is 13.6. The van der Waals surface area contributed by atoms with Crippen LogP contribution in [-0.4, -0.2) is 23.3 Å². The van der Waals surface area contributed by atoms with E-state index >= 15 is 0 Å². The first-order chi connectivity index (χ1) is 14.7. The maximum Gasteiger partial charge on any atom is 0.422 e. The Bertz CT molecular complexity index is 1210. The number of aromatic nitrogens is 1. The Morgan fingerprint density at radius 1 is 1.13 bits per heavy atom. The Balaban J connectivity index is 1.94. The summed E-state index contributed by atoms with van der Waals surface area (Å²) in [6.07, 6.45) is -3.45. The lowest BCUT2D eigenvalue weighted by molar-refractivity contribution is -0.153. The highest BCUT2D eigenvalue weighted by Crippen LogP contribution is 2.26. The molecule has 0 atom stereocenters. The second-order valence-corrected chi connectivity index (χ2v) is 6.26. The van der Waals surface area contributed by atoms with Gasteiger partial charge in [0, 0.05) is 18.0 Å². The first-order valence-corrected chi connectivity index (χ1v) is 8.70. The summed E-state index contributed by atoms with van der Waals surface area (Å²) in [4.78, 5) is 25.4. The van der Waals surface area contributed by atoms with Gasteiger partial charge in [0.2, 0.25) is 0 Å². The Labute approximate surface area is 172 Å². The number of ether oxygens (including phenoxy) is 1. The summed E-state index contributed by atoms with van der Waals surface area (Å²) in [6, 6.07) is 13.1. The van der Waals surface area contributed by atoms with Crippen molar-refractivity contribution in [3.8, 4) is 17.5 Å². The first-order valence-electron chi connectivity index (χ1n) is 8.70. The van der Waals surface area contributed by atoms with Crippen molar-refractivity contribution in [1.29, 1.82) is 5.26 Å². The number of carbonyl (C=O) groups excluding carboxylic acids is 1. The summed E-state index contributed by atoms with van der Waals surface area (Å²) in [5.74, 6) is -2.14. The van der Waals surface area contributed by atoms with E-state index in [0.717, 1.165) is 22.8 Å². The van der Waals surface area contributed by atoms with Gasteiger partial charge in [-0.15, -0.1) is 0 Å². The molecule has 3 aromatic rings. The van der Waals surface area contributed by atoms with Gasteiger partial charge < -0.3 is 10.1 Å². The minimum atomic E-state index is -4.67. The lowest BCUT2D eigenvalue weighted by atomic mass is 10.2. The molecule has 0 aliphatic heterocycles. The molecule has 0 saturated heterocycles. The van der Waals surface area contributed by atoms with Gasteiger partial charge in [0.1, 0.15) is 17.1 Å². The van der Waals surface area contributed by atoms with E-state index in [-0.39, 0.29) is 11.3 Å². The van der Waals surface area contributed by atoms with E-state index in [4.69, 9.17) is 5.26 Å². The quantitative estimate of drug-likeness (QED) is 0.618. The van der Waals surface area contributed by atoms with Crippen LogP contribution in [0, 0.1) is 17.1 Å². The molecule has 1 aromatic heterocycles. The van der Waals surface area contributed by atoms with E-state index in [2.05, 4.69) is 10.1 Å². The normalized spacial score (nSPS) is 10.9. The lowest BCUT2D eigenvalue weighted by Gasteiger charge is -2.15. The van der Waals surface area contributed by atoms with Crippen molar-refractivity contribution in [2.75, 3.05) is 11.9 Å². The zero-order valence-corrected chi connectivity index (χ0v) is 15.6. The zero-order chi connectivity index (χ0) is 22.6. The Morgan fingerprint density at radius 2 is 1.84 bits per heavy atom. The molecule has 0 fully saturated rings. The number of benzene rings is 2. The van der Waals surface area contributed by atoms with Crippen LogP contribution in [0.15, 0.2) is 65.6 Å². The predicted molar refractivity (Wildman–Crippen MR) is 103 cm³/mol. The fraction of sp³-hybridized carbons (Fsp3) is 0.0952. The number of carbonyl (C=O) groups is 1. The monoisotopic (exact) mass is 431 g/mol. The molecular formula is C21H13F4N3O3. The standard InChI is InChI=1S/C21H13F4N3O3/c22-14-5-8-17(18(10-14)31-12-21(23,24)25)28-9-1-2-16(20(28)30)19(29)27-15-6-3-13(11-26)4-7-15/h1-10H,12H2,(H,27,29). The molecule has 0 spiro atoms. The number of nitrogens with zero attached hydrogens (tertiary/aromatic N) is 2. The van der Waals surface area contributed by atoms with Gasteiger partial charge in [-0.05, 0) is 48.5 Å². The number of anilines is 1. The van der Waals surface area contributed by atoms with Crippen LogP contribution in [0.1, 0.15) is 15.9 Å². The molecule has 0 saturated carbocycles. The fourth-order valence-electron chi connectivity index (χ4n) is 2.65. The molecule has 0 aliphatic carbocycles. The third kappa shape index (κ3) is 5.27. The van der Waals surface area contributed by atoms with Crippen molar-refractivity contribution in [2.45, 2.75) is 6.18 Å². The number of nitriles is 1. The summed E-state index contributed by atoms with van der Waals surface area (Å²) in [6.45, 7) is -1.68. The molecule has 0 bridgehead atoms. The van der Waals surface area contributed by atoms with Crippen LogP contribution in [0.4, 0.5) is 23.2 Å². The van der Waals surface area contributed by atoms with E-state index in [0.29, 0.717) is 11.3 Å². The first kappa shape index (κ1) is 21.6. The highest BCUT2D eigenvalue weighted by Gasteiger charge is 2.29. The van der Waals surface area contributed by atoms with E-state index in [1.165, 1.54) is 42.6 Å². The molecule has 1 N–H and O–H groups in total. The van der Waals surface area contributed by atoms with Crippen molar-refractivity contribution in [3.05, 3.63) is 88.1 Å². The highest BCUT2D eigenvalue weighted by atomic mass is 19.4. The molecule has 1 heterocycles. The van der Waals surface area contributed by atoms with Crippen LogP contribution in [-0.2, 0) is 0 Å². The summed E-state index contributed by atoms with van der Waals surface area (Å²) in [7, 11) is 0. The van der Waals surface area contributed by atoms with E-state index in [9.17, 15) is 27.2 Å². The fourth-order valence-corrected chi connectivity index (χ4v) is 2.65. The van der Waals surface area contributed by atoms with E-state index in [1.54, 1.807) is 0 Å². The highest BCUT2D eigenvalue weighted by molar-refractivity contribution is 6.04. The molecule has 1 amide bonds. The van der Waals surface area contributed by atoms with Crippen LogP contribution >= 0.6 is 0 Å². The summed E-state index contributed by atoms with van der Waals surface area (Å²) >= 11 is 0. The Morgan fingerprint density at radius 3 is 2.48 bits per heavy atom. The number of alkyl halides is 3. The number of halogens is 4. The van der Waals surface area contributed by atoms with Gasteiger partial charge in [0.15, 0.2) is 6.61 Å². The van der Waals surface area contributed by atoms with Gasteiger partial charge in [-0.2, -0.15) is 18.4 Å². The van der Waals surface area contributed by atoms with Crippen molar-refractivity contribution >= 4 is 11.6 Å². The Kier molecular flexibility index (Phi) is 6.06. The number of rotatable bonds is 5. The molecule has 3 rings (SSSR count). The molecule has 6 nitrogen and oxygen atoms in total. The number of hydrogen-bond donors (Lipinski definition) is 1. The van der Waals surface area contributed by atoms with Crippen LogP contribution in [0.3, 0.4) is 0 Å². The molecule has 0 unspecified atom stereocenters. The second kappa shape index (κ2) is 8.71. The van der Waals surface area contributed by atoms with Gasteiger partial charge in [-0.25, -0.2) is 4.39 Å². The van der Waals surface area contributed by atoms with Gasteiger partial charge in [-0.3, -0.25) is 14.2 Å². The number of amides is 1. The number of pyridine rings is 1. The molecule has 2 aromatic carbocycles. The topological polar surface area (TPSA) is 84.1 Å². The van der Waals surface area contributed by atoms with Crippen LogP contribution in [0.5, 0.6) is 5.75 Å². The van der Waals surface area contributed by atoms with Crippen molar-refractivity contribution in [3.63, 3.8) is 0 Å². The third-order valence-electron chi connectivity index (χ3n) is 4.04. The average molecular weight is 431 g/mol. The third-order valence-corrected chi connectivity index (χ3v) is 4.04. The SMILES string of the molecule is N#Cc1ccc(NC(=O)c2cccn(-c3ccc(F)cc3OCC(F)(F)F)c2=O)cc1.